The molecular weight excluding hydrogens is 511 g/mol. The van der Waals surface area contributed by atoms with E-state index in [4.69, 9.17) is 17.0 Å². The van der Waals surface area contributed by atoms with Crippen LogP contribution in [0.15, 0.2) is 51.0 Å². The third kappa shape index (κ3) is 4.29. The zero-order chi connectivity index (χ0) is 20.4. The van der Waals surface area contributed by atoms with Crippen LogP contribution >= 0.6 is 44.1 Å². The van der Waals surface area contributed by atoms with Gasteiger partial charge in [-0.05, 0) is 92.5 Å². The third-order valence-electron chi connectivity index (χ3n) is 4.26. The quantitative estimate of drug-likeness (QED) is 0.387. The molecule has 1 aliphatic heterocycles. The molecule has 2 aromatic rings. The smallest absolute Gasteiger partial charge is 0.276 e. The van der Waals surface area contributed by atoms with Gasteiger partial charge in [-0.1, -0.05) is 12.1 Å². The van der Waals surface area contributed by atoms with Crippen molar-refractivity contribution in [1.82, 2.24) is 9.80 Å². The highest BCUT2D eigenvalue weighted by Gasteiger charge is 2.34. The maximum Gasteiger partial charge on any atom is 0.276 e. The van der Waals surface area contributed by atoms with Crippen LogP contribution in [0.5, 0.6) is 5.75 Å². The molecule has 2 aromatic carbocycles. The molecule has 1 amide bonds. The highest BCUT2D eigenvalue weighted by Crippen LogP contribution is 2.36. The van der Waals surface area contributed by atoms with E-state index in [0.717, 1.165) is 11.1 Å². The van der Waals surface area contributed by atoms with Crippen LogP contribution in [-0.2, 0) is 11.4 Å². The Kier molecular flexibility index (Phi) is 6.52. The molecule has 1 saturated heterocycles. The maximum atomic E-state index is 13.3. The summed E-state index contributed by atoms with van der Waals surface area (Å²) >= 11 is 12.3. The molecule has 8 heteroatoms. The van der Waals surface area contributed by atoms with Gasteiger partial charge in [-0.15, -0.1) is 0 Å². The Morgan fingerprint density at radius 3 is 2.46 bits per heavy atom. The second kappa shape index (κ2) is 8.71. The predicted molar refractivity (Wildman–Crippen MR) is 118 cm³/mol. The SMILES string of the molecule is CCN1C(=O)/C(=C/c2cc(Br)c(OCc3cccc(F)c3)c(Br)c2)N(C)C1=S. The number of likely N-dealkylation sites (N-methyl/N-ethyl adjacent to an activating group) is 2. The molecule has 0 aromatic heterocycles. The van der Waals surface area contributed by atoms with Gasteiger partial charge < -0.3 is 9.64 Å². The fraction of sp³-hybridized carbons (Fsp3) is 0.200. The van der Waals surface area contributed by atoms with Gasteiger partial charge >= 0.3 is 0 Å². The molecule has 1 heterocycles. The molecule has 0 radical (unpaired) electrons. The minimum absolute atomic E-state index is 0.117. The fourth-order valence-corrected chi connectivity index (χ4v) is 4.59. The number of benzene rings is 2. The van der Waals surface area contributed by atoms with Crippen LogP contribution in [0, 0.1) is 5.82 Å². The zero-order valence-electron chi connectivity index (χ0n) is 15.2. The van der Waals surface area contributed by atoms with Crippen LogP contribution in [0.3, 0.4) is 0 Å². The number of carbonyl (C=O) groups is 1. The Labute approximate surface area is 185 Å². The lowest BCUT2D eigenvalue weighted by atomic mass is 10.1. The van der Waals surface area contributed by atoms with Crippen LogP contribution in [-0.4, -0.2) is 34.4 Å². The van der Waals surface area contributed by atoms with Gasteiger partial charge in [-0.2, -0.15) is 0 Å². The fourth-order valence-electron chi connectivity index (χ4n) is 2.83. The van der Waals surface area contributed by atoms with E-state index in [9.17, 15) is 9.18 Å². The first kappa shape index (κ1) is 21.0. The van der Waals surface area contributed by atoms with Crippen molar-refractivity contribution in [2.24, 2.45) is 0 Å². The number of ether oxygens (including phenoxy) is 1. The van der Waals surface area contributed by atoms with E-state index in [1.54, 1.807) is 35.1 Å². The summed E-state index contributed by atoms with van der Waals surface area (Å²) in [6.07, 6.45) is 1.79. The van der Waals surface area contributed by atoms with E-state index >= 15 is 0 Å². The monoisotopic (exact) mass is 526 g/mol. The summed E-state index contributed by atoms with van der Waals surface area (Å²) in [6, 6.07) is 9.99. The van der Waals surface area contributed by atoms with Gasteiger partial charge in [0.15, 0.2) is 5.11 Å². The minimum Gasteiger partial charge on any atom is -0.487 e. The molecule has 3 rings (SSSR count). The predicted octanol–water partition coefficient (Wildman–Crippen LogP) is 5.35. The Balaban J connectivity index is 1.84. The molecule has 0 spiro atoms. The van der Waals surface area contributed by atoms with Gasteiger partial charge in [-0.25, -0.2) is 4.39 Å². The van der Waals surface area contributed by atoms with E-state index in [0.29, 0.717) is 32.0 Å². The van der Waals surface area contributed by atoms with Crippen molar-refractivity contribution < 1.29 is 13.9 Å². The number of hydrogen-bond donors (Lipinski definition) is 0. The number of nitrogens with zero attached hydrogens (tertiary/aromatic N) is 2. The molecule has 0 aliphatic carbocycles. The second-order valence-electron chi connectivity index (χ2n) is 6.15. The lowest BCUT2D eigenvalue weighted by molar-refractivity contribution is -0.122. The Morgan fingerprint density at radius 2 is 1.89 bits per heavy atom. The van der Waals surface area contributed by atoms with Crippen molar-refractivity contribution in [2.45, 2.75) is 13.5 Å². The topological polar surface area (TPSA) is 32.8 Å². The van der Waals surface area contributed by atoms with Crippen LogP contribution in [0.1, 0.15) is 18.1 Å². The van der Waals surface area contributed by atoms with E-state index in [1.807, 2.05) is 19.1 Å². The number of amides is 1. The molecular formula is C20H17Br2FN2O2S. The molecule has 0 atom stereocenters. The van der Waals surface area contributed by atoms with Crippen molar-refractivity contribution >= 4 is 61.2 Å². The normalized spacial score (nSPS) is 15.7. The van der Waals surface area contributed by atoms with Crippen molar-refractivity contribution in [3.05, 3.63) is 68.0 Å². The highest BCUT2D eigenvalue weighted by atomic mass is 79.9. The number of halogens is 3. The molecule has 146 valence electrons. The van der Waals surface area contributed by atoms with Crippen LogP contribution in [0.4, 0.5) is 4.39 Å². The molecule has 4 nitrogen and oxygen atoms in total. The molecule has 0 N–H and O–H groups in total. The zero-order valence-corrected chi connectivity index (χ0v) is 19.2. The van der Waals surface area contributed by atoms with Crippen LogP contribution in [0.2, 0.25) is 0 Å². The number of hydrogen-bond acceptors (Lipinski definition) is 3. The van der Waals surface area contributed by atoms with Gasteiger partial charge in [0.1, 0.15) is 23.9 Å². The Hall–Kier alpha value is -1.77. The summed E-state index contributed by atoms with van der Waals surface area (Å²) in [7, 11) is 1.78. The molecule has 28 heavy (non-hydrogen) atoms. The Morgan fingerprint density at radius 1 is 1.21 bits per heavy atom. The molecule has 1 aliphatic rings. The highest BCUT2D eigenvalue weighted by molar-refractivity contribution is 9.11. The Bertz CT molecular complexity index is 957. The van der Waals surface area contributed by atoms with Crippen molar-refractivity contribution in [1.29, 1.82) is 0 Å². The lowest BCUT2D eigenvalue weighted by Gasteiger charge is -2.14. The summed E-state index contributed by atoms with van der Waals surface area (Å²) in [4.78, 5) is 15.8. The summed E-state index contributed by atoms with van der Waals surface area (Å²) in [5.41, 5.74) is 2.06. The summed E-state index contributed by atoms with van der Waals surface area (Å²) < 4.78 is 20.6. The van der Waals surface area contributed by atoms with E-state index in [1.165, 1.54) is 12.1 Å². The first-order valence-corrected chi connectivity index (χ1v) is 10.5. The number of carbonyl (C=O) groups excluding carboxylic acids is 1. The van der Waals surface area contributed by atoms with Crippen molar-refractivity contribution in [2.75, 3.05) is 13.6 Å². The molecule has 1 fully saturated rings. The van der Waals surface area contributed by atoms with Gasteiger partial charge in [0.25, 0.3) is 5.91 Å². The summed E-state index contributed by atoms with van der Waals surface area (Å²) in [5.74, 6) is 0.183. The number of thiocarbonyl (C=S) groups is 1. The van der Waals surface area contributed by atoms with Crippen molar-refractivity contribution in [3.63, 3.8) is 0 Å². The summed E-state index contributed by atoms with van der Waals surface area (Å²) in [5, 5.41) is 0.493. The molecule has 0 unspecified atom stereocenters. The van der Waals surface area contributed by atoms with E-state index < -0.39 is 0 Å². The average molecular weight is 528 g/mol. The van der Waals surface area contributed by atoms with E-state index in [2.05, 4.69) is 31.9 Å². The minimum atomic E-state index is -0.300. The van der Waals surface area contributed by atoms with Gasteiger partial charge in [0, 0.05) is 13.6 Å². The molecule has 0 bridgehead atoms. The van der Waals surface area contributed by atoms with E-state index in [-0.39, 0.29) is 18.3 Å². The largest absolute Gasteiger partial charge is 0.487 e. The van der Waals surface area contributed by atoms with Crippen LogP contribution < -0.4 is 4.74 Å². The lowest BCUT2D eigenvalue weighted by Crippen LogP contribution is -2.30. The van der Waals surface area contributed by atoms with Gasteiger partial charge in [-0.3, -0.25) is 9.69 Å². The van der Waals surface area contributed by atoms with Gasteiger partial charge in [0.05, 0.1) is 8.95 Å². The van der Waals surface area contributed by atoms with Crippen molar-refractivity contribution in [3.8, 4) is 5.75 Å². The maximum absolute atomic E-state index is 13.3. The van der Waals surface area contributed by atoms with Crippen LogP contribution in [0.25, 0.3) is 6.08 Å². The average Bonchev–Trinajstić information content (AvgIpc) is 2.84. The first-order chi connectivity index (χ1) is 13.3. The standard InChI is InChI=1S/C20H17Br2FN2O2S/c1-3-25-19(26)17(24(2)20(25)28)10-13-8-15(21)18(16(22)9-13)27-11-12-5-4-6-14(23)7-12/h4-10H,3,11H2,1-2H3/b17-10-. The van der Waals surface area contributed by atoms with Gasteiger partial charge in [0.2, 0.25) is 0 Å². The molecule has 0 saturated carbocycles. The third-order valence-corrected chi connectivity index (χ3v) is 5.93. The second-order valence-corrected chi connectivity index (χ2v) is 8.23. The summed E-state index contributed by atoms with van der Waals surface area (Å²) in [6.45, 7) is 2.65. The first-order valence-electron chi connectivity index (χ1n) is 8.49. The number of rotatable bonds is 5.